The third kappa shape index (κ3) is 7.54. The Morgan fingerprint density at radius 2 is 1.97 bits per heavy atom. The van der Waals surface area contributed by atoms with Crippen LogP contribution in [0.25, 0.3) is 0 Å². The molecular weight excluding hydrogens is 397 g/mol. The highest BCUT2D eigenvalue weighted by molar-refractivity contribution is 5.75. The molecule has 1 aromatic carbocycles. The Morgan fingerprint density at radius 1 is 1.29 bits per heavy atom. The van der Waals surface area contributed by atoms with Crippen LogP contribution < -0.4 is 11.1 Å². The molecule has 31 heavy (non-hydrogen) atoms. The summed E-state index contributed by atoms with van der Waals surface area (Å²) in [5, 5.41) is 20.2. The Kier molecular flexibility index (Phi) is 9.84. The van der Waals surface area contributed by atoms with Gasteiger partial charge in [-0.15, -0.1) is 0 Å². The normalized spacial score (nSPS) is 12.5. The van der Waals surface area contributed by atoms with Gasteiger partial charge in [0.25, 0.3) is 0 Å². The van der Waals surface area contributed by atoms with Gasteiger partial charge in [0.15, 0.2) is 0 Å². The number of nitriles is 2. The summed E-state index contributed by atoms with van der Waals surface area (Å²) in [5.74, 6) is -0.452. The molecule has 0 unspecified atom stereocenters. The van der Waals surface area contributed by atoms with E-state index >= 15 is 0 Å². The maximum Gasteiger partial charge on any atom is 0.243 e. The predicted octanol–water partition coefficient (Wildman–Crippen LogP) is 4.11. The summed E-state index contributed by atoms with van der Waals surface area (Å²) in [7, 11) is 0. The number of halogens is 1. The highest BCUT2D eigenvalue weighted by atomic mass is 19.1. The number of carbonyl (C=O) groups excluding carboxylic acids is 1. The van der Waals surface area contributed by atoms with Crippen molar-refractivity contribution in [3.05, 3.63) is 71.3 Å². The second-order valence-electron chi connectivity index (χ2n) is 6.48. The van der Waals surface area contributed by atoms with Gasteiger partial charge in [0.2, 0.25) is 5.91 Å². The van der Waals surface area contributed by atoms with E-state index in [-0.39, 0.29) is 12.2 Å². The van der Waals surface area contributed by atoms with Crippen molar-refractivity contribution in [3.8, 4) is 12.1 Å². The van der Waals surface area contributed by atoms with Crippen LogP contribution in [0.4, 0.5) is 10.2 Å². The molecule has 8 heteroatoms. The quantitative estimate of drug-likeness (QED) is 0.720. The highest BCUT2D eigenvalue weighted by Crippen LogP contribution is 2.50. The largest absolute Gasteiger partial charge is 0.368 e. The van der Waals surface area contributed by atoms with E-state index in [9.17, 15) is 9.18 Å². The summed E-state index contributed by atoms with van der Waals surface area (Å²) >= 11 is 0. The Hall–Kier alpha value is -3.75. The summed E-state index contributed by atoms with van der Waals surface area (Å²) in [6, 6.07) is 11.8. The number of anilines is 1. The number of ether oxygens (including phenoxy) is 1. The van der Waals surface area contributed by atoms with Gasteiger partial charge in [-0.25, -0.2) is 9.37 Å². The minimum Gasteiger partial charge on any atom is -0.368 e. The summed E-state index contributed by atoms with van der Waals surface area (Å²) in [6.45, 7) is 9.28. The molecule has 1 aliphatic rings. The number of pyridine rings is 1. The van der Waals surface area contributed by atoms with Gasteiger partial charge in [0.1, 0.15) is 30.4 Å². The van der Waals surface area contributed by atoms with Gasteiger partial charge in [-0.1, -0.05) is 32.6 Å². The van der Waals surface area contributed by atoms with E-state index < -0.39 is 17.3 Å². The molecular formula is C23H26FN5O2. The van der Waals surface area contributed by atoms with E-state index in [1.807, 2.05) is 26.8 Å². The van der Waals surface area contributed by atoms with Crippen LogP contribution in [0, 0.1) is 28.5 Å². The monoisotopic (exact) mass is 423 g/mol. The number of nitrogens with one attached hydrogen (secondary N) is 1. The van der Waals surface area contributed by atoms with Crippen LogP contribution >= 0.6 is 0 Å². The molecule has 7 nitrogen and oxygen atoms in total. The summed E-state index contributed by atoms with van der Waals surface area (Å²) in [4.78, 5) is 14.7. The van der Waals surface area contributed by atoms with Crippen molar-refractivity contribution in [2.45, 2.75) is 39.2 Å². The molecule has 3 N–H and O–H groups in total. The van der Waals surface area contributed by atoms with Crippen molar-refractivity contribution in [1.82, 2.24) is 4.98 Å². The number of carbonyl (C=O) groups is 1. The number of nitrogens with two attached hydrogens (primary N) is 1. The van der Waals surface area contributed by atoms with Crippen molar-refractivity contribution >= 4 is 11.7 Å². The average molecular weight is 423 g/mol. The van der Waals surface area contributed by atoms with Crippen LogP contribution in [0.2, 0.25) is 0 Å². The van der Waals surface area contributed by atoms with Crippen molar-refractivity contribution in [2.24, 2.45) is 5.73 Å². The van der Waals surface area contributed by atoms with E-state index in [0.717, 1.165) is 5.70 Å². The number of hydrogen-bond acceptors (Lipinski definition) is 6. The zero-order chi connectivity index (χ0) is 23.4. The predicted molar refractivity (Wildman–Crippen MR) is 116 cm³/mol. The van der Waals surface area contributed by atoms with Crippen LogP contribution in [0.1, 0.15) is 50.3 Å². The number of nitrogens with zero attached hydrogens (tertiary/aromatic N) is 3. The summed E-state index contributed by atoms with van der Waals surface area (Å²) < 4.78 is 19.3. The van der Waals surface area contributed by atoms with E-state index in [1.165, 1.54) is 12.3 Å². The minimum absolute atomic E-state index is 0.0172. The SMILES string of the molecule is C=C(C)Nc1ccc(C#N)cn1.CC.N#Cc1cccc(C2(OCC(N)=O)CC2)c1F. The Bertz CT molecular complexity index is 987. The topological polar surface area (TPSA) is 125 Å². The molecule has 0 saturated heterocycles. The van der Waals surface area contributed by atoms with E-state index in [0.29, 0.717) is 29.8 Å². The number of benzene rings is 1. The lowest BCUT2D eigenvalue weighted by atomic mass is 10.0. The molecule has 1 saturated carbocycles. The fraction of sp³-hybridized carbons (Fsp3) is 0.304. The molecule has 0 spiro atoms. The standard InChI is InChI=1S/C12H11FN2O2.C9H9N3.C2H6/c13-11-8(6-14)2-1-3-9(11)12(4-5-12)17-7-10(15)16;1-7(2)12-9-4-3-8(5-10)6-11-9;1-2/h1-3H,4-5,7H2,(H2,15,16);3-4,6H,1H2,2H3,(H,11,12);1-2H3. The lowest BCUT2D eigenvalue weighted by Gasteiger charge is -2.17. The van der Waals surface area contributed by atoms with Gasteiger partial charge in [0, 0.05) is 17.5 Å². The summed E-state index contributed by atoms with van der Waals surface area (Å²) in [5.41, 5.74) is 5.92. The number of amides is 1. The Balaban J connectivity index is 0.000000303. The van der Waals surface area contributed by atoms with Crippen LogP contribution in [0.3, 0.4) is 0 Å². The van der Waals surface area contributed by atoms with E-state index in [1.54, 1.807) is 30.3 Å². The first-order valence-electron chi connectivity index (χ1n) is 9.71. The van der Waals surface area contributed by atoms with Crippen LogP contribution in [-0.4, -0.2) is 17.5 Å². The number of primary amides is 1. The third-order valence-corrected chi connectivity index (χ3v) is 4.04. The second-order valence-corrected chi connectivity index (χ2v) is 6.48. The van der Waals surface area contributed by atoms with E-state index in [4.69, 9.17) is 21.0 Å². The van der Waals surface area contributed by atoms with Crippen molar-refractivity contribution in [3.63, 3.8) is 0 Å². The fourth-order valence-electron chi connectivity index (χ4n) is 2.54. The maximum atomic E-state index is 13.9. The lowest BCUT2D eigenvalue weighted by molar-refractivity contribution is -0.125. The first-order chi connectivity index (χ1) is 14.8. The van der Waals surface area contributed by atoms with Crippen LogP contribution in [0.5, 0.6) is 0 Å². The molecule has 0 radical (unpaired) electrons. The van der Waals surface area contributed by atoms with Gasteiger partial charge in [-0.05, 0) is 38.0 Å². The molecule has 1 amide bonds. The Labute approximate surface area is 182 Å². The number of hydrogen-bond donors (Lipinski definition) is 2. The first-order valence-corrected chi connectivity index (χ1v) is 9.71. The van der Waals surface area contributed by atoms with Crippen molar-refractivity contribution < 1.29 is 13.9 Å². The molecule has 162 valence electrons. The van der Waals surface area contributed by atoms with Gasteiger partial charge < -0.3 is 15.8 Å². The number of rotatable bonds is 6. The second kappa shape index (κ2) is 12.1. The Morgan fingerprint density at radius 3 is 2.42 bits per heavy atom. The van der Waals surface area contributed by atoms with Crippen LogP contribution in [-0.2, 0) is 15.1 Å². The molecule has 1 heterocycles. The first kappa shape index (κ1) is 25.3. The van der Waals surface area contributed by atoms with E-state index in [2.05, 4.69) is 16.9 Å². The third-order valence-electron chi connectivity index (χ3n) is 4.04. The highest BCUT2D eigenvalue weighted by Gasteiger charge is 2.48. The van der Waals surface area contributed by atoms with Gasteiger partial charge in [-0.2, -0.15) is 10.5 Å². The summed E-state index contributed by atoms with van der Waals surface area (Å²) in [6.07, 6.45) is 2.78. The fourth-order valence-corrected chi connectivity index (χ4v) is 2.54. The number of allylic oxidation sites excluding steroid dienone is 1. The molecule has 0 atom stereocenters. The smallest absolute Gasteiger partial charge is 0.243 e. The molecule has 3 rings (SSSR count). The lowest BCUT2D eigenvalue weighted by Crippen LogP contribution is -2.24. The van der Waals surface area contributed by atoms with Gasteiger partial charge in [-0.3, -0.25) is 4.79 Å². The van der Waals surface area contributed by atoms with Crippen molar-refractivity contribution in [1.29, 1.82) is 10.5 Å². The van der Waals surface area contributed by atoms with Crippen molar-refractivity contribution in [2.75, 3.05) is 11.9 Å². The molecule has 1 aliphatic carbocycles. The molecule has 0 bridgehead atoms. The number of aromatic nitrogens is 1. The molecule has 1 aromatic heterocycles. The zero-order valence-corrected chi connectivity index (χ0v) is 17.9. The average Bonchev–Trinajstić information content (AvgIpc) is 3.55. The maximum absolute atomic E-state index is 13.9. The molecule has 0 aliphatic heterocycles. The minimum atomic E-state index is -0.772. The molecule has 2 aromatic rings. The van der Waals surface area contributed by atoms with Gasteiger partial charge in [0.05, 0.1) is 16.7 Å². The zero-order valence-electron chi connectivity index (χ0n) is 17.9. The van der Waals surface area contributed by atoms with Crippen LogP contribution in [0.15, 0.2) is 48.8 Å². The molecule has 1 fully saturated rings. The van der Waals surface area contributed by atoms with Gasteiger partial charge >= 0.3 is 0 Å².